The molecule has 0 saturated carbocycles. The molecule has 0 spiro atoms. The highest BCUT2D eigenvalue weighted by Gasteiger charge is 2.13. The van der Waals surface area contributed by atoms with Crippen molar-refractivity contribution < 1.29 is 14.3 Å². The zero-order valence-electron chi connectivity index (χ0n) is 15.8. The van der Waals surface area contributed by atoms with Crippen molar-refractivity contribution in [2.45, 2.75) is 19.0 Å². The Kier molecular flexibility index (Phi) is 6.10. The number of thioether (sulfide) groups is 1. The van der Waals surface area contributed by atoms with Gasteiger partial charge < -0.3 is 10.1 Å². The first-order chi connectivity index (χ1) is 13.5. The summed E-state index contributed by atoms with van der Waals surface area (Å²) < 4.78 is 7.00. The maximum atomic E-state index is 12.2. The zero-order valence-corrected chi connectivity index (χ0v) is 16.6. The summed E-state index contributed by atoms with van der Waals surface area (Å²) in [6.45, 7) is 3.44. The average Bonchev–Trinajstić information content (AvgIpc) is 3.07. The van der Waals surface area contributed by atoms with Crippen LogP contribution in [0.5, 0.6) is 0 Å². The Hall–Kier alpha value is -3.13. The molecule has 2 aromatic carbocycles. The van der Waals surface area contributed by atoms with Gasteiger partial charge in [0.05, 0.1) is 5.56 Å². The van der Waals surface area contributed by atoms with Crippen LogP contribution in [0.15, 0.2) is 53.7 Å². The maximum absolute atomic E-state index is 12.2. The fraction of sp³-hybridized carbons (Fsp3) is 0.200. The fourth-order valence-electron chi connectivity index (χ4n) is 2.65. The van der Waals surface area contributed by atoms with Crippen LogP contribution in [-0.2, 0) is 9.53 Å². The second-order valence-electron chi connectivity index (χ2n) is 6.11. The summed E-state index contributed by atoms with van der Waals surface area (Å²) in [4.78, 5) is 24.2. The molecule has 1 heterocycles. The van der Waals surface area contributed by atoms with Crippen LogP contribution in [0.1, 0.15) is 21.7 Å². The van der Waals surface area contributed by atoms with Gasteiger partial charge in [0.1, 0.15) is 5.82 Å². The number of amides is 1. The molecule has 1 amide bonds. The lowest BCUT2D eigenvalue weighted by atomic mass is 10.2. The number of benzene rings is 2. The number of carbonyl (C=O) groups is 2. The number of ether oxygens (including phenoxy) is 1. The van der Waals surface area contributed by atoms with Crippen molar-refractivity contribution in [3.63, 3.8) is 0 Å². The van der Waals surface area contributed by atoms with E-state index in [4.69, 9.17) is 4.74 Å². The van der Waals surface area contributed by atoms with Crippen molar-refractivity contribution in [2.75, 3.05) is 18.2 Å². The summed E-state index contributed by atoms with van der Waals surface area (Å²) in [5.74, 6) is -0.190. The van der Waals surface area contributed by atoms with Gasteiger partial charge in [0.2, 0.25) is 0 Å². The number of esters is 1. The van der Waals surface area contributed by atoms with E-state index in [1.54, 1.807) is 30.3 Å². The van der Waals surface area contributed by atoms with E-state index in [1.807, 2.05) is 42.9 Å². The summed E-state index contributed by atoms with van der Waals surface area (Å²) in [5, 5.41) is 11.6. The van der Waals surface area contributed by atoms with E-state index in [-0.39, 0.29) is 12.5 Å². The Balaban J connectivity index is 1.60. The summed E-state index contributed by atoms with van der Waals surface area (Å²) in [7, 11) is 0. The number of anilines is 1. The lowest BCUT2D eigenvalue weighted by molar-refractivity contribution is -0.119. The Morgan fingerprint density at radius 1 is 1.11 bits per heavy atom. The van der Waals surface area contributed by atoms with Gasteiger partial charge in [-0.3, -0.25) is 9.36 Å². The van der Waals surface area contributed by atoms with Crippen molar-refractivity contribution in [1.29, 1.82) is 0 Å². The van der Waals surface area contributed by atoms with Crippen molar-refractivity contribution in [3.8, 4) is 5.69 Å². The number of carbonyl (C=O) groups excluding carboxylic acids is 2. The van der Waals surface area contributed by atoms with Gasteiger partial charge in [-0.1, -0.05) is 23.9 Å². The van der Waals surface area contributed by atoms with Gasteiger partial charge in [0.15, 0.2) is 11.8 Å². The van der Waals surface area contributed by atoms with Gasteiger partial charge in [0.25, 0.3) is 5.91 Å². The van der Waals surface area contributed by atoms with Crippen LogP contribution in [-0.4, -0.2) is 39.5 Å². The minimum Gasteiger partial charge on any atom is -0.452 e. The summed E-state index contributed by atoms with van der Waals surface area (Å²) in [6, 6.07) is 14.3. The number of aromatic nitrogens is 3. The van der Waals surface area contributed by atoms with Crippen LogP contribution in [0, 0.1) is 13.8 Å². The molecular formula is C20H20N4O3S. The number of hydrogen-bond donors (Lipinski definition) is 1. The maximum Gasteiger partial charge on any atom is 0.338 e. The predicted molar refractivity (Wildman–Crippen MR) is 108 cm³/mol. The van der Waals surface area contributed by atoms with E-state index < -0.39 is 5.97 Å². The van der Waals surface area contributed by atoms with Crippen molar-refractivity contribution >= 4 is 29.3 Å². The molecule has 0 fully saturated rings. The lowest BCUT2D eigenvalue weighted by Gasteiger charge is -2.09. The van der Waals surface area contributed by atoms with Gasteiger partial charge in [-0.05, 0) is 62.1 Å². The molecule has 8 heteroatoms. The Labute approximate surface area is 167 Å². The molecule has 0 aliphatic carbocycles. The second-order valence-corrected chi connectivity index (χ2v) is 6.88. The van der Waals surface area contributed by atoms with Gasteiger partial charge in [-0.2, -0.15) is 0 Å². The molecule has 0 atom stereocenters. The first-order valence-electron chi connectivity index (χ1n) is 8.58. The molecule has 1 N–H and O–H groups in total. The summed E-state index contributed by atoms with van der Waals surface area (Å²) in [5.41, 5.74) is 2.91. The largest absolute Gasteiger partial charge is 0.452 e. The topological polar surface area (TPSA) is 86.1 Å². The van der Waals surface area contributed by atoms with E-state index in [1.165, 1.54) is 11.8 Å². The molecule has 28 heavy (non-hydrogen) atoms. The van der Waals surface area contributed by atoms with Gasteiger partial charge in [-0.15, -0.1) is 10.2 Å². The standard InChI is InChI=1S/C20H20N4O3S/c1-13-5-4-6-16(11-13)21-18(25)12-27-19(26)15-7-9-17(10-8-15)24-14(2)22-23-20(24)28-3/h4-11H,12H2,1-3H3,(H,21,25). The van der Waals surface area contributed by atoms with Gasteiger partial charge >= 0.3 is 5.97 Å². The molecule has 7 nitrogen and oxygen atoms in total. The van der Waals surface area contributed by atoms with E-state index in [0.29, 0.717) is 11.3 Å². The van der Waals surface area contributed by atoms with Crippen molar-refractivity contribution in [1.82, 2.24) is 14.8 Å². The SMILES string of the molecule is CSc1nnc(C)n1-c1ccc(C(=O)OCC(=O)Nc2cccc(C)c2)cc1. The number of aryl methyl sites for hydroxylation is 2. The highest BCUT2D eigenvalue weighted by molar-refractivity contribution is 7.98. The summed E-state index contributed by atoms with van der Waals surface area (Å²) in [6.07, 6.45) is 1.92. The minimum absolute atomic E-state index is 0.351. The number of nitrogens with zero attached hydrogens (tertiary/aromatic N) is 3. The van der Waals surface area contributed by atoms with Gasteiger partial charge in [0, 0.05) is 11.4 Å². The third-order valence-electron chi connectivity index (χ3n) is 3.98. The molecule has 0 aliphatic rings. The van der Waals surface area contributed by atoms with Crippen LogP contribution >= 0.6 is 11.8 Å². The number of hydrogen-bond acceptors (Lipinski definition) is 6. The first kappa shape index (κ1) is 19.6. The molecule has 3 rings (SSSR count). The van der Waals surface area contributed by atoms with E-state index in [2.05, 4.69) is 15.5 Å². The minimum atomic E-state index is -0.559. The Morgan fingerprint density at radius 3 is 2.54 bits per heavy atom. The molecule has 1 aromatic heterocycles. The summed E-state index contributed by atoms with van der Waals surface area (Å²) >= 11 is 1.49. The smallest absolute Gasteiger partial charge is 0.338 e. The van der Waals surface area contributed by atoms with E-state index in [9.17, 15) is 9.59 Å². The molecule has 3 aromatic rings. The zero-order chi connectivity index (χ0) is 20.1. The molecule has 0 saturated heterocycles. The second kappa shape index (κ2) is 8.71. The third kappa shape index (κ3) is 4.58. The number of nitrogens with one attached hydrogen (secondary N) is 1. The quantitative estimate of drug-likeness (QED) is 0.508. The Bertz CT molecular complexity index is 999. The molecule has 0 bridgehead atoms. The predicted octanol–water partition coefficient (Wildman–Crippen LogP) is 3.40. The van der Waals surface area contributed by atoms with Crippen LogP contribution in [0.3, 0.4) is 0 Å². The van der Waals surface area contributed by atoms with E-state index >= 15 is 0 Å². The van der Waals surface area contributed by atoms with Crippen LogP contribution in [0.4, 0.5) is 5.69 Å². The normalized spacial score (nSPS) is 10.5. The van der Waals surface area contributed by atoms with Crippen molar-refractivity contribution in [2.24, 2.45) is 0 Å². The molecule has 0 aliphatic heterocycles. The molecule has 144 valence electrons. The highest BCUT2D eigenvalue weighted by Crippen LogP contribution is 2.20. The van der Waals surface area contributed by atoms with Crippen LogP contribution in [0.25, 0.3) is 5.69 Å². The molecule has 0 unspecified atom stereocenters. The lowest BCUT2D eigenvalue weighted by Crippen LogP contribution is -2.21. The molecular weight excluding hydrogens is 376 g/mol. The fourth-order valence-corrected chi connectivity index (χ4v) is 3.20. The van der Waals surface area contributed by atoms with Crippen molar-refractivity contribution in [3.05, 3.63) is 65.5 Å². The van der Waals surface area contributed by atoms with Gasteiger partial charge in [-0.25, -0.2) is 4.79 Å². The third-order valence-corrected chi connectivity index (χ3v) is 4.60. The van der Waals surface area contributed by atoms with Crippen LogP contribution in [0.2, 0.25) is 0 Å². The number of rotatable bonds is 6. The average molecular weight is 396 g/mol. The van der Waals surface area contributed by atoms with E-state index in [0.717, 1.165) is 22.2 Å². The molecule has 0 radical (unpaired) electrons. The van der Waals surface area contributed by atoms with Crippen LogP contribution < -0.4 is 5.32 Å². The highest BCUT2D eigenvalue weighted by atomic mass is 32.2. The first-order valence-corrected chi connectivity index (χ1v) is 9.80. The monoisotopic (exact) mass is 396 g/mol. The Morgan fingerprint density at radius 2 is 1.86 bits per heavy atom.